The second-order valence-corrected chi connectivity index (χ2v) is 29.8. The van der Waals surface area contributed by atoms with Crippen LogP contribution in [0.4, 0.5) is 0 Å². The van der Waals surface area contributed by atoms with E-state index in [1.165, 1.54) is 347 Å². The van der Waals surface area contributed by atoms with Crippen LogP contribution in [-0.4, -0.2) is 68.5 Å². The summed E-state index contributed by atoms with van der Waals surface area (Å²) >= 11 is 0. The molecule has 8 nitrogen and oxygen atoms in total. The van der Waals surface area contributed by atoms with Gasteiger partial charge >= 0.3 is 0 Å². The van der Waals surface area contributed by atoms with Crippen LogP contribution in [0.15, 0.2) is 36.5 Å². The molecule has 0 aromatic carbocycles. The first-order chi connectivity index (χ1) is 43.0. The molecule has 0 aliphatic heterocycles. The van der Waals surface area contributed by atoms with E-state index in [0.717, 1.165) is 44.9 Å². The standard InChI is InChI=1S/C79H155N2O6P/c1-6-8-10-12-14-16-18-20-22-24-26-28-30-32-34-36-38-39-40-41-43-45-47-49-51-53-55-57-59-61-63-65-67-69-71-73-79(83)80-77(76-87-88(84,85)86-75-74-81(3,4)5)78(82)72-70-68-66-64-62-60-58-56-54-52-50-48-46-44-42-37-35-33-31-29-27-25-23-21-19-17-15-13-11-9-7-2/h18,20,24,26,70,72,77-78,82H,6-17,19,21-23,25,27-69,71,73-76H2,1-5H3,(H-,80,83,84,85)/b20-18-,26-24-,72-70+. The first kappa shape index (κ1) is 86.7. The smallest absolute Gasteiger partial charge is 0.268 e. The van der Waals surface area contributed by atoms with Crippen LogP contribution >= 0.6 is 7.82 Å². The maximum atomic E-state index is 13.1. The molecule has 88 heavy (non-hydrogen) atoms. The number of aliphatic hydroxyl groups excluding tert-OH is 1. The maximum Gasteiger partial charge on any atom is 0.268 e. The molecule has 0 saturated carbocycles. The number of carbonyl (C=O) groups is 1. The second kappa shape index (κ2) is 70.0. The summed E-state index contributed by atoms with van der Waals surface area (Å²) < 4.78 is 23.5. The lowest BCUT2D eigenvalue weighted by Crippen LogP contribution is -2.45. The van der Waals surface area contributed by atoms with Crippen molar-refractivity contribution < 1.29 is 32.9 Å². The highest BCUT2D eigenvalue weighted by Gasteiger charge is 2.23. The highest BCUT2D eigenvalue weighted by Crippen LogP contribution is 2.38. The number of hydrogen-bond acceptors (Lipinski definition) is 6. The minimum absolute atomic E-state index is 0.00162. The number of rotatable bonds is 74. The molecule has 3 atom stereocenters. The van der Waals surface area contributed by atoms with Crippen molar-refractivity contribution in [3.8, 4) is 0 Å². The Morgan fingerprint density at radius 1 is 0.398 bits per heavy atom. The van der Waals surface area contributed by atoms with Crippen molar-refractivity contribution in [3.05, 3.63) is 36.5 Å². The van der Waals surface area contributed by atoms with Gasteiger partial charge in [0.1, 0.15) is 13.2 Å². The molecule has 0 aromatic heterocycles. The zero-order chi connectivity index (χ0) is 64.1. The number of quaternary nitrogens is 1. The van der Waals surface area contributed by atoms with Crippen LogP contribution in [0.1, 0.15) is 412 Å². The van der Waals surface area contributed by atoms with Crippen molar-refractivity contribution in [2.24, 2.45) is 0 Å². The van der Waals surface area contributed by atoms with E-state index in [-0.39, 0.29) is 19.1 Å². The summed E-state index contributed by atoms with van der Waals surface area (Å²) in [6.07, 6.45) is 94.5. The van der Waals surface area contributed by atoms with Gasteiger partial charge in [-0.2, -0.15) is 0 Å². The minimum atomic E-state index is -4.61. The lowest BCUT2D eigenvalue weighted by Gasteiger charge is -2.29. The number of hydrogen-bond donors (Lipinski definition) is 2. The number of phosphoric ester groups is 1. The predicted octanol–water partition coefficient (Wildman–Crippen LogP) is 24.9. The van der Waals surface area contributed by atoms with Gasteiger partial charge in [0.15, 0.2) is 0 Å². The van der Waals surface area contributed by atoms with Crippen LogP contribution in [0.5, 0.6) is 0 Å². The lowest BCUT2D eigenvalue weighted by molar-refractivity contribution is -0.870. The van der Waals surface area contributed by atoms with E-state index in [1.54, 1.807) is 6.08 Å². The van der Waals surface area contributed by atoms with Crippen LogP contribution < -0.4 is 10.2 Å². The molecule has 1 amide bonds. The third kappa shape index (κ3) is 72.2. The number of aliphatic hydroxyl groups is 1. The molecule has 3 unspecified atom stereocenters. The number of nitrogens with one attached hydrogen (secondary N) is 1. The SMILES string of the molecule is CCCCCCC/C=C\C/C=C\CCCCCCCCCCCCCCCCCCCCCCCCCC(=O)NC(COP(=O)([O-])OCC[N+](C)(C)C)C(O)/C=C/CCCCCCCCCCCCCCCCCCCCCCCCCCCCCCC. The second-order valence-electron chi connectivity index (χ2n) is 28.4. The maximum absolute atomic E-state index is 13.1. The summed E-state index contributed by atoms with van der Waals surface area (Å²) in [4.78, 5) is 25.7. The average molecular weight is 1260 g/mol. The number of amides is 1. The molecule has 0 radical (unpaired) electrons. The molecular weight excluding hydrogens is 1100 g/mol. The molecule has 0 saturated heterocycles. The van der Waals surface area contributed by atoms with Gasteiger partial charge in [-0.3, -0.25) is 9.36 Å². The van der Waals surface area contributed by atoms with E-state index in [9.17, 15) is 19.4 Å². The Morgan fingerprint density at radius 3 is 0.943 bits per heavy atom. The van der Waals surface area contributed by atoms with Gasteiger partial charge in [0.25, 0.3) is 7.82 Å². The Balaban J connectivity index is 3.96. The van der Waals surface area contributed by atoms with Crippen LogP contribution in [0, 0.1) is 0 Å². The van der Waals surface area contributed by atoms with Crippen LogP contribution in [0.3, 0.4) is 0 Å². The van der Waals surface area contributed by atoms with Gasteiger partial charge in [-0.15, -0.1) is 0 Å². The quantitative estimate of drug-likeness (QED) is 0.0272. The largest absolute Gasteiger partial charge is 0.756 e. The number of likely N-dealkylation sites (N-methyl/N-ethyl adjacent to an activating group) is 1. The zero-order valence-corrected chi connectivity index (χ0v) is 60.9. The molecular formula is C79H155N2O6P. The fraction of sp³-hybridized carbons (Fsp3) is 0.911. The Kier molecular flexibility index (Phi) is 69.0. The van der Waals surface area contributed by atoms with Gasteiger partial charge in [0, 0.05) is 6.42 Å². The summed E-state index contributed by atoms with van der Waals surface area (Å²) in [7, 11) is 1.28. The van der Waals surface area contributed by atoms with Crippen molar-refractivity contribution in [2.75, 3.05) is 40.9 Å². The summed E-state index contributed by atoms with van der Waals surface area (Å²) in [6.45, 7) is 4.71. The number of unbranched alkanes of at least 4 members (excludes halogenated alkanes) is 57. The van der Waals surface area contributed by atoms with E-state index in [4.69, 9.17) is 9.05 Å². The molecule has 0 spiro atoms. The fourth-order valence-corrected chi connectivity index (χ4v) is 13.0. The van der Waals surface area contributed by atoms with Gasteiger partial charge < -0.3 is 28.8 Å². The summed E-state index contributed by atoms with van der Waals surface area (Å²) in [5, 5.41) is 14.0. The Hall–Kier alpha value is -1.28. The van der Waals surface area contributed by atoms with Gasteiger partial charge in [-0.25, -0.2) is 0 Å². The van der Waals surface area contributed by atoms with Gasteiger partial charge in [-0.05, 0) is 51.4 Å². The fourth-order valence-electron chi connectivity index (χ4n) is 12.3. The molecule has 0 aliphatic carbocycles. The topological polar surface area (TPSA) is 108 Å². The minimum Gasteiger partial charge on any atom is -0.756 e. The summed E-state index contributed by atoms with van der Waals surface area (Å²) in [5.74, 6) is -0.188. The highest BCUT2D eigenvalue weighted by molar-refractivity contribution is 7.45. The number of allylic oxidation sites excluding steroid dienone is 5. The van der Waals surface area contributed by atoms with Crippen LogP contribution in [-0.2, 0) is 18.4 Å². The number of phosphoric acid groups is 1. The average Bonchev–Trinajstić information content (AvgIpc) is 3.64. The Bertz CT molecular complexity index is 1530. The molecule has 0 heterocycles. The molecule has 522 valence electrons. The molecule has 0 bridgehead atoms. The third-order valence-electron chi connectivity index (χ3n) is 18.3. The normalized spacial score (nSPS) is 13.7. The van der Waals surface area contributed by atoms with Crippen LogP contribution in [0.2, 0.25) is 0 Å². The van der Waals surface area contributed by atoms with Crippen molar-refractivity contribution in [1.29, 1.82) is 0 Å². The Morgan fingerprint density at radius 2 is 0.659 bits per heavy atom. The molecule has 9 heteroatoms. The van der Waals surface area contributed by atoms with Gasteiger partial charge in [0.05, 0.1) is 39.9 Å². The number of nitrogens with zero attached hydrogens (tertiary/aromatic N) is 1. The third-order valence-corrected chi connectivity index (χ3v) is 19.3. The first-order valence-electron chi connectivity index (χ1n) is 39.4. The van der Waals surface area contributed by atoms with Crippen molar-refractivity contribution in [1.82, 2.24) is 5.32 Å². The monoisotopic (exact) mass is 1260 g/mol. The Labute approximate surface area is 550 Å². The summed E-state index contributed by atoms with van der Waals surface area (Å²) in [6, 6.07) is -0.887. The van der Waals surface area contributed by atoms with Gasteiger partial charge in [-0.1, -0.05) is 391 Å². The summed E-state index contributed by atoms with van der Waals surface area (Å²) in [5.41, 5.74) is 0. The highest BCUT2D eigenvalue weighted by atomic mass is 31.2. The van der Waals surface area contributed by atoms with Crippen molar-refractivity contribution in [3.63, 3.8) is 0 Å². The zero-order valence-electron chi connectivity index (χ0n) is 60.0. The van der Waals surface area contributed by atoms with E-state index < -0.39 is 20.0 Å². The van der Waals surface area contributed by atoms with Crippen molar-refractivity contribution >= 4 is 13.7 Å². The molecule has 0 rings (SSSR count). The van der Waals surface area contributed by atoms with Crippen molar-refractivity contribution in [2.45, 2.75) is 424 Å². The van der Waals surface area contributed by atoms with E-state index in [0.29, 0.717) is 17.4 Å². The van der Waals surface area contributed by atoms with E-state index >= 15 is 0 Å². The molecule has 0 aliphatic rings. The van der Waals surface area contributed by atoms with Crippen LogP contribution in [0.25, 0.3) is 0 Å². The molecule has 2 N–H and O–H groups in total. The predicted molar refractivity (Wildman–Crippen MR) is 385 cm³/mol. The number of carbonyl (C=O) groups excluding carboxylic acids is 1. The first-order valence-corrected chi connectivity index (χ1v) is 40.8. The van der Waals surface area contributed by atoms with E-state index in [2.05, 4.69) is 43.5 Å². The molecule has 0 fully saturated rings. The molecule has 0 aromatic rings. The van der Waals surface area contributed by atoms with E-state index in [1.807, 2.05) is 27.2 Å². The van der Waals surface area contributed by atoms with Gasteiger partial charge in [0.2, 0.25) is 5.91 Å². The lowest BCUT2D eigenvalue weighted by atomic mass is 10.0.